The molecule has 1 rings (SSSR count). The van der Waals surface area contributed by atoms with E-state index in [-0.39, 0.29) is 16.7 Å². The molecular weight excluding hydrogens is 222 g/mol. The zero-order valence-electron chi connectivity index (χ0n) is 14.1. The van der Waals surface area contributed by atoms with Gasteiger partial charge < -0.3 is 10.1 Å². The second-order valence-corrected chi connectivity index (χ2v) is 7.15. The van der Waals surface area contributed by atoms with Gasteiger partial charge in [0.2, 0.25) is 0 Å². The molecule has 110 valence electrons. The van der Waals surface area contributed by atoms with Gasteiger partial charge in [0.25, 0.3) is 0 Å². The van der Waals surface area contributed by atoms with Gasteiger partial charge in [-0.05, 0) is 60.8 Å². The van der Waals surface area contributed by atoms with E-state index in [0.717, 1.165) is 19.3 Å². The van der Waals surface area contributed by atoms with Gasteiger partial charge in [-0.2, -0.15) is 0 Å². The molecule has 1 fully saturated rings. The van der Waals surface area contributed by atoms with Gasteiger partial charge >= 0.3 is 0 Å². The lowest BCUT2D eigenvalue weighted by Crippen LogP contribution is -2.60. The van der Waals surface area contributed by atoms with Crippen LogP contribution in [0.15, 0.2) is 0 Å². The van der Waals surface area contributed by atoms with Crippen molar-refractivity contribution in [2.75, 3.05) is 0 Å². The average Bonchev–Trinajstić information content (AvgIpc) is 2.15. The van der Waals surface area contributed by atoms with Crippen molar-refractivity contribution in [1.82, 2.24) is 5.32 Å². The second kappa shape index (κ2) is 6.38. The van der Waals surface area contributed by atoms with Gasteiger partial charge in [-0.3, -0.25) is 0 Å². The Morgan fingerprint density at radius 3 is 1.78 bits per heavy atom. The molecule has 18 heavy (non-hydrogen) atoms. The molecule has 1 aliphatic rings. The number of ether oxygens (including phenoxy) is 1. The summed E-state index contributed by atoms with van der Waals surface area (Å²) in [7, 11) is 0. The predicted octanol–water partition coefficient (Wildman–Crippen LogP) is 4.53. The van der Waals surface area contributed by atoms with Crippen LogP contribution in [0.3, 0.4) is 0 Å². The normalized spacial score (nSPS) is 23.2. The molecule has 0 amide bonds. The molecule has 1 N–H and O–H groups in total. The fourth-order valence-electron chi connectivity index (χ4n) is 2.85. The highest BCUT2D eigenvalue weighted by Gasteiger charge is 2.39. The molecule has 0 unspecified atom stereocenters. The summed E-state index contributed by atoms with van der Waals surface area (Å²) in [4.78, 5) is 0. The molecule has 0 aromatic carbocycles. The van der Waals surface area contributed by atoms with E-state index in [2.05, 4.69) is 53.8 Å². The first-order valence-corrected chi connectivity index (χ1v) is 7.52. The fraction of sp³-hybridized carbons (Fsp3) is 1.00. The number of hydrogen-bond donors (Lipinski definition) is 1. The van der Waals surface area contributed by atoms with Crippen LogP contribution in [0.5, 0.6) is 0 Å². The van der Waals surface area contributed by atoms with Gasteiger partial charge in [0.05, 0.1) is 11.7 Å². The molecule has 0 aromatic rings. The van der Waals surface area contributed by atoms with Crippen LogP contribution in [0.25, 0.3) is 0 Å². The summed E-state index contributed by atoms with van der Waals surface area (Å²) < 4.78 is 6.26. The lowest BCUT2D eigenvalue weighted by Gasteiger charge is -2.48. The monoisotopic (exact) mass is 257 g/mol. The lowest BCUT2D eigenvalue weighted by molar-refractivity contribution is -0.109. The Kier molecular flexibility index (Phi) is 6.35. The molecule has 0 aromatic heterocycles. The van der Waals surface area contributed by atoms with Crippen LogP contribution in [0.1, 0.15) is 81.6 Å². The maximum absolute atomic E-state index is 6.26. The van der Waals surface area contributed by atoms with E-state index in [4.69, 9.17) is 4.74 Å². The van der Waals surface area contributed by atoms with Crippen LogP contribution in [0.4, 0.5) is 0 Å². The van der Waals surface area contributed by atoms with Crippen LogP contribution in [0, 0.1) is 0 Å². The van der Waals surface area contributed by atoms with Gasteiger partial charge in [0.1, 0.15) is 0 Å². The van der Waals surface area contributed by atoms with Crippen molar-refractivity contribution in [2.45, 2.75) is 104 Å². The van der Waals surface area contributed by atoms with E-state index in [1.54, 1.807) is 0 Å². The zero-order chi connectivity index (χ0) is 14.6. The minimum absolute atomic E-state index is 0.00810. The highest BCUT2D eigenvalue weighted by molar-refractivity contribution is 4.98. The maximum Gasteiger partial charge on any atom is 0.0627 e. The Bertz CT molecular complexity index is 227. The van der Waals surface area contributed by atoms with Gasteiger partial charge in [-0.1, -0.05) is 20.8 Å². The lowest BCUT2D eigenvalue weighted by atomic mass is 9.80. The molecule has 2 heteroatoms. The highest BCUT2D eigenvalue weighted by atomic mass is 16.5. The van der Waals surface area contributed by atoms with Crippen molar-refractivity contribution >= 4 is 0 Å². The van der Waals surface area contributed by atoms with Gasteiger partial charge in [0.15, 0.2) is 0 Å². The summed E-state index contributed by atoms with van der Waals surface area (Å²) in [6.07, 6.45) is 3.64. The second-order valence-electron chi connectivity index (χ2n) is 7.15. The molecule has 0 bridgehead atoms. The van der Waals surface area contributed by atoms with E-state index >= 15 is 0 Å². The first kappa shape index (κ1) is 17.9. The van der Waals surface area contributed by atoms with Crippen molar-refractivity contribution in [3.63, 3.8) is 0 Å². The first-order valence-electron chi connectivity index (χ1n) is 7.52. The summed E-state index contributed by atoms with van der Waals surface area (Å²) in [5.41, 5.74) is 0.362. The smallest absolute Gasteiger partial charge is 0.0627 e. The van der Waals surface area contributed by atoms with Crippen LogP contribution < -0.4 is 5.32 Å². The molecule has 2 nitrogen and oxygen atoms in total. The van der Waals surface area contributed by atoms with Gasteiger partial charge in [-0.15, -0.1) is 0 Å². The summed E-state index contributed by atoms with van der Waals surface area (Å²) in [5, 5.41) is 3.69. The van der Waals surface area contributed by atoms with Crippen molar-refractivity contribution < 1.29 is 4.74 Å². The molecule has 1 saturated heterocycles. The Morgan fingerprint density at radius 2 is 1.44 bits per heavy atom. The zero-order valence-corrected chi connectivity index (χ0v) is 14.1. The molecule has 0 radical (unpaired) electrons. The minimum Gasteiger partial charge on any atom is -0.372 e. The maximum atomic E-state index is 6.26. The Labute approximate surface area is 115 Å². The Balaban J connectivity index is 0.00000137. The van der Waals surface area contributed by atoms with Crippen LogP contribution in [-0.4, -0.2) is 22.8 Å². The summed E-state index contributed by atoms with van der Waals surface area (Å²) in [6.45, 7) is 19.6. The number of hydrogen-bond acceptors (Lipinski definition) is 2. The van der Waals surface area contributed by atoms with Crippen LogP contribution in [-0.2, 0) is 4.74 Å². The van der Waals surface area contributed by atoms with Gasteiger partial charge in [0, 0.05) is 11.1 Å². The topological polar surface area (TPSA) is 21.3 Å². The molecule has 0 saturated carbocycles. The summed E-state index contributed by atoms with van der Waals surface area (Å²) >= 11 is 0. The first-order chi connectivity index (χ1) is 8.05. The quantitative estimate of drug-likeness (QED) is 0.802. The fourth-order valence-corrected chi connectivity index (χ4v) is 2.85. The third kappa shape index (κ3) is 6.19. The SMILES string of the molecule is CC.CCC(C)(C)OC1CC(C)(C)NC(C)(C)C1. The third-order valence-corrected chi connectivity index (χ3v) is 3.49. The van der Waals surface area contributed by atoms with E-state index in [0.29, 0.717) is 6.10 Å². The Hall–Kier alpha value is -0.0800. The minimum atomic E-state index is 0.00810. The number of nitrogens with one attached hydrogen (secondary N) is 1. The van der Waals surface area contributed by atoms with Crippen molar-refractivity contribution in [3.8, 4) is 0 Å². The van der Waals surface area contributed by atoms with Crippen molar-refractivity contribution in [2.24, 2.45) is 0 Å². The molecule has 0 aliphatic carbocycles. The average molecular weight is 257 g/mol. The molecule has 0 spiro atoms. The standard InChI is InChI=1S/C14H29NO.C2H6/c1-8-14(6,7)16-11-9-12(2,3)15-13(4,5)10-11;1-2/h11,15H,8-10H2,1-7H3;1-2H3. The molecular formula is C16H35NO. The Morgan fingerprint density at radius 1 is 1.06 bits per heavy atom. The van der Waals surface area contributed by atoms with Crippen LogP contribution >= 0.6 is 0 Å². The van der Waals surface area contributed by atoms with Crippen molar-refractivity contribution in [1.29, 1.82) is 0 Å². The van der Waals surface area contributed by atoms with Crippen LogP contribution in [0.2, 0.25) is 0 Å². The molecule has 0 atom stereocenters. The third-order valence-electron chi connectivity index (χ3n) is 3.49. The van der Waals surface area contributed by atoms with E-state index < -0.39 is 0 Å². The highest BCUT2D eigenvalue weighted by Crippen LogP contribution is 2.33. The van der Waals surface area contributed by atoms with Gasteiger partial charge in [-0.25, -0.2) is 0 Å². The summed E-state index contributed by atoms with van der Waals surface area (Å²) in [6, 6.07) is 0. The summed E-state index contributed by atoms with van der Waals surface area (Å²) in [5.74, 6) is 0. The number of piperidine rings is 1. The van der Waals surface area contributed by atoms with E-state index in [1.807, 2.05) is 13.8 Å². The largest absolute Gasteiger partial charge is 0.372 e. The predicted molar refractivity (Wildman–Crippen MR) is 81.1 cm³/mol. The van der Waals surface area contributed by atoms with E-state index in [1.165, 1.54) is 0 Å². The molecule has 1 heterocycles. The van der Waals surface area contributed by atoms with E-state index in [9.17, 15) is 0 Å². The molecule has 1 aliphatic heterocycles. The number of rotatable bonds is 3. The van der Waals surface area contributed by atoms with Crippen molar-refractivity contribution in [3.05, 3.63) is 0 Å².